The maximum Gasteiger partial charge on any atom is 0.253 e. The molecule has 1 atom stereocenters. The molecule has 24 heavy (non-hydrogen) atoms. The van der Waals surface area contributed by atoms with E-state index in [2.05, 4.69) is 22.6 Å². The lowest BCUT2D eigenvalue weighted by atomic mass is 10.1. The van der Waals surface area contributed by atoms with Crippen LogP contribution >= 0.6 is 0 Å². The van der Waals surface area contributed by atoms with Crippen molar-refractivity contribution in [3.63, 3.8) is 0 Å². The van der Waals surface area contributed by atoms with Crippen LogP contribution in [-0.4, -0.2) is 67.4 Å². The van der Waals surface area contributed by atoms with Gasteiger partial charge in [-0.15, -0.1) is 0 Å². The standard InChI is InChI=1S/C18H26N4O2/c1-21-9-11-22(12-10-21)18(24)14-4-6-15(7-5-14)20-17(23)13-16-3-2-8-19-16/h4-7,16,19H,2-3,8-13H2,1H3,(H,20,23). The molecule has 6 nitrogen and oxygen atoms in total. The molecule has 1 aromatic carbocycles. The van der Waals surface area contributed by atoms with Crippen LogP contribution in [0.15, 0.2) is 24.3 Å². The van der Waals surface area contributed by atoms with Gasteiger partial charge in [0.05, 0.1) is 0 Å². The smallest absolute Gasteiger partial charge is 0.253 e. The topological polar surface area (TPSA) is 64.7 Å². The zero-order valence-corrected chi connectivity index (χ0v) is 14.3. The SMILES string of the molecule is CN1CCN(C(=O)c2ccc(NC(=O)CC3CCCN3)cc2)CC1. The fourth-order valence-electron chi connectivity index (χ4n) is 3.26. The lowest BCUT2D eigenvalue weighted by Crippen LogP contribution is -2.47. The largest absolute Gasteiger partial charge is 0.336 e. The summed E-state index contributed by atoms with van der Waals surface area (Å²) in [5.41, 5.74) is 1.42. The van der Waals surface area contributed by atoms with Gasteiger partial charge in [-0.25, -0.2) is 0 Å². The predicted molar refractivity (Wildman–Crippen MR) is 94.1 cm³/mol. The number of hydrogen-bond acceptors (Lipinski definition) is 4. The first-order valence-electron chi connectivity index (χ1n) is 8.73. The van der Waals surface area contributed by atoms with Crippen LogP contribution in [0.2, 0.25) is 0 Å². The molecular formula is C18H26N4O2. The van der Waals surface area contributed by atoms with Crippen molar-refractivity contribution in [3.8, 4) is 0 Å². The van der Waals surface area contributed by atoms with Crippen molar-refractivity contribution in [2.75, 3.05) is 45.1 Å². The van der Waals surface area contributed by atoms with Crippen molar-refractivity contribution < 1.29 is 9.59 Å². The van der Waals surface area contributed by atoms with Crippen LogP contribution in [-0.2, 0) is 4.79 Å². The first kappa shape index (κ1) is 16.9. The molecule has 0 bridgehead atoms. The summed E-state index contributed by atoms with van der Waals surface area (Å²) < 4.78 is 0. The lowest BCUT2D eigenvalue weighted by molar-refractivity contribution is -0.116. The summed E-state index contributed by atoms with van der Waals surface area (Å²) >= 11 is 0. The van der Waals surface area contributed by atoms with Crippen LogP contribution in [0, 0.1) is 0 Å². The third-order valence-electron chi connectivity index (χ3n) is 4.80. The van der Waals surface area contributed by atoms with Crippen LogP contribution in [0.3, 0.4) is 0 Å². The van der Waals surface area contributed by atoms with Crippen molar-refractivity contribution in [1.29, 1.82) is 0 Å². The van der Waals surface area contributed by atoms with E-state index in [9.17, 15) is 9.59 Å². The van der Waals surface area contributed by atoms with Gasteiger partial charge in [-0.3, -0.25) is 9.59 Å². The Labute approximate surface area is 143 Å². The van der Waals surface area contributed by atoms with Gasteiger partial charge in [0.1, 0.15) is 0 Å². The minimum Gasteiger partial charge on any atom is -0.336 e. The van der Waals surface area contributed by atoms with Gasteiger partial charge in [0.15, 0.2) is 0 Å². The second-order valence-electron chi connectivity index (χ2n) is 6.72. The fraction of sp³-hybridized carbons (Fsp3) is 0.556. The Balaban J connectivity index is 1.52. The lowest BCUT2D eigenvalue weighted by Gasteiger charge is -2.32. The Kier molecular flexibility index (Phi) is 5.48. The third-order valence-corrected chi connectivity index (χ3v) is 4.80. The van der Waals surface area contributed by atoms with Gasteiger partial charge in [0.2, 0.25) is 5.91 Å². The van der Waals surface area contributed by atoms with E-state index in [1.54, 1.807) is 12.1 Å². The number of likely N-dealkylation sites (N-methyl/N-ethyl adjacent to an activating group) is 1. The van der Waals surface area contributed by atoms with Crippen LogP contribution in [0.5, 0.6) is 0 Å². The molecule has 1 unspecified atom stereocenters. The Morgan fingerprint density at radius 3 is 2.50 bits per heavy atom. The van der Waals surface area contributed by atoms with Gasteiger partial charge in [-0.05, 0) is 50.7 Å². The molecule has 2 aliphatic heterocycles. The molecule has 6 heteroatoms. The number of rotatable bonds is 4. The average molecular weight is 330 g/mol. The summed E-state index contributed by atoms with van der Waals surface area (Å²) in [5.74, 6) is 0.0867. The highest BCUT2D eigenvalue weighted by Crippen LogP contribution is 2.15. The molecular weight excluding hydrogens is 304 g/mol. The molecule has 0 aliphatic carbocycles. The molecule has 0 radical (unpaired) electrons. The molecule has 2 saturated heterocycles. The van der Waals surface area contributed by atoms with Gasteiger partial charge in [-0.1, -0.05) is 0 Å². The van der Waals surface area contributed by atoms with Crippen LogP contribution in [0.25, 0.3) is 0 Å². The average Bonchev–Trinajstić information content (AvgIpc) is 3.08. The summed E-state index contributed by atoms with van der Waals surface area (Å²) in [4.78, 5) is 28.6. The van der Waals surface area contributed by atoms with Crippen LogP contribution in [0.4, 0.5) is 5.69 Å². The van der Waals surface area contributed by atoms with Crippen molar-refractivity contribution >= 4 is 17.5 Å². The molecule has 0 saturated carbocycles. The van der Waals surface area contributed by atoms with Gasteiger partial charge < -0.3 is 20.4 Å². The molecule has 0 aromatic heterocycles. The Hall–Kier alpha value is -1.92. The number of piperazine rings is 1. The fourth-order valence-corrected chi connectivity index (χ4v) is 3.26. The molecule has 3 rings (SSSR count). The predicted octanol–water partition coefficient (Wildman–Crippen LogP) is 1.15. The Morgan fingerprint density at radius 2 is 1.88 bits per heavy atom. The van der Waals surface area contributed by atoms with Gasteiger partial charge in [0, 0.05) is 49.9 Å². The number of nitrogens with zero attached hydrogens (tertiary/aromatic N) is 2. The number of amides is 2. The second kappa shape index (κ2) is 7.77. The number of hydrogen-bond donors (Lipinski definition) is 2. The van der Waals surface area contributed by atoms with E-state index in [1.165, 1.54) is 0 Å². The third kappa shape index (κ3) is 4.33. The number of benzene rings is 1. The summed E-state index contributed by atoms with van der Waals surface area (Å²) in [6, 6.07) is 7.50. The number of anilines is 1. The molecule has 2 fully saturated rings. The summed E-state index contributed by atoms with van der Waals surface area (Å²) in [6.07, 6.45) is 2.70. The highest BCUT2D eigenvalue weighted by atomic mass is 16.2. The van der Waals surface area contributed by atoms with E-state index in [0.717, 1.165) is 51.3 Å². The molecule has 1 aromatic rings. The Morgan fingerprint density at radius 1 is 1.17 bits per heavy atom. The minimum atomic E-state index is 0.0209. The van der Waals surface area contributed by atoms with E-state index < -0.39 is 0 Å². The maximum absolute atomic E-state index is 12.5. The molecule has 2 aliphatic rings. The zero-order valence-electron chi connectivity index (χ0n) is 14.3. The van der Waals surface area contributed by atoms with E-state index >= 15 is 0 Å². The quantitative estimate of drug-likeness (QED) is 0.869. The molecule has 0 spiro atoms. The molecule has 130 valence electrons. The minimum absolute atomic E-state index is 0.0209. The van der Waals surface area contributed by atoms with E-state index in [4.69, 9.17) is 0 Å². The molecule has 2 N–H and O–H groups in total. The first-order valence-corrected chi connectivity index (χ1v) is 8.73. The number of carbonyl (C=O) groups excluding carboxylic acids is 2. The van der Waals surface area contributed by atoms with Crippen LogP contribution in [0.1, 0.15) is 29.6 Å². The van der Waals surface area contributed by atoms with Crippen molar-refractivity contribution in [2.45, 2.75) is 25.3 Å². The van der Waals surface area contributed by atoms with Gasteiger partial charge in [-0.2, -0.15) is 0 Å². The van der Waals surface area contributed by atoms with E-state index in [0.29, 0.717) is 18.0 Å². The highest BCUT2D eigenvalue weighted by molar-refractivity contribution is 5.96. The maximum atomic E-state index is 12.5. The van der Waals surface area contributed by atoms with E-state index in [1.807, 2.05) is 17.0 Å². The highest BCUT2D eigenvalue weighted by Gasteiger charge is 2.20. The van der Waals surface area contributed by atoms with Gasteiger partial charge >= 0.3 is 0 Å². The van der Waals surface area contributed by atoms with Crippen molar-refractivity contribution in [1.82, 2.24) is 15.1 Å². The van der Waals surface area contributed by atoms with Crippen LogP contribution < -0.4 is 10.6 Å². The summed E-state index contributed by atoms with van der Waals surface area (Å²) in [5, 5.41) is 6.23. The van der Waals surface area contributed by atoms with Crippen molar-refractivity contribution in [3.05, 3.63) is 29.8 Å². The first-order chi connectivity index (χ1) is 11.6. The number of carbonyl (C=O) groups is 2. The normalized spacial score (nSPS) is 21.7. The van der Waals surface area contributed by atoms with Crippen molar-refractivity contribution in [2.24, 2.45) is 0 Å². The molecule has 2 amide bonds. The van der Waals surface area contributed by atoms with E-state index in [-0.39, 0.29) is 11.8 Å². The monoisotopic (exact) mass is 330 g/mol. The number of nitrogens with one attached hydrogen (secondary N) is 2. The second-order valence-corrected chi connectivity index (χ2v) is 6.72. The summed E-state index contributed by atoms with van der Waals surface area (Å²) in [7, 11) is 2.07. The Bertz CT molecular complexity index is 573. The van der Waals surface area contributed by atoms with Gasteiger partial charge in [0.25, 0.3) is 5.91 Å². The zero-order chi connectivity index (χ0) is 16.9. The summed E-state index contributed by atoms with van der Waals surface area (Å²) in [6.45, 7) is 4.36. The molecule has 2 heterocycles.